The molecule has 11 heteroatoms. The average Bonchev–Trinajstić information content (AvgIpc) is 2.82. The number of imide groups is 2. The van der Waals surface area contributed by atoms with Gasteiger partial charge in [0.15, 0.2) is 0 Å². The Kier molecular flexibility index (Phi) is 7.08. The van der Waals surface area contributed by atoms with Crippen LogP contribution in [0.5, 0.6) is 5.75 Å². The van der Waals surface area contributed by atoms with Gasteiger partial charge in [-0.1, -0.05) is 44.0 Å². The molecule has 1 aliphatic heterocycles. The second-order valence-corrected chi connectivity index (χ2v) is 9.16. The van der Waals surface area contributed by atoms with Crippen LogP contribution in [0.1, 0.15) is 11.1 Å². The quantitative estimate of drug-likeness (QED) is 0.176. The van der Waals surface area contributed by atoms with Crippen LogP contribution in [0.2, 0.25) is 0 Å². The van der Waals surface area contributed by atoms with Crippen LogP contribution in [0, 0.1) is 10.1 Å². The lowest BCUT2D eigenvalue weighted by Gasteiger charge is -2.26. The number of halogens is 2. The average molecular weight is 601 g/mol. The zero-order valence-electron chi connectivity index (χ0n) is 17.7. The molecule has 35 heavy (non-hydrogen) atoms. The molecule has 0 unspecified atom stereocenters. The number of hydrogen-bond acceptors (Lipinski definition) is 6. The fraction of sp³-hybridized carbons (Fsp3) is 0.0417. The third-order valence-electron chi connectivity index (χ3n) is 5.00. The van der Waals surface area contributed by atoms with E-state index in [2.05, 4.69) is 37.2 Å². The number of anilines is 1. The predicted molar refractivity (Wildman–Crippen MR) is 135 cm³/mol. The predicted octanol–water partition coefficient (Wildman–Crippen LogP) is 5.37. The van der Waals surface area contributed by atoms with Crippen LogP contribution in [-0.2, 0) is 16.2 Å². The fourth-order valence-corrected chi connectivity index (χ4v) is 3.92. The number of hydrogen-bond donors (Lipinski definition) is 1. The minimum absolute atomic E-state index is 0.0810. The molecular formula is C24H15Br2N3O6. The second kappa shape index (κ2) is 10.2. The summed E-state index contributed by atoms with van der Waals surface area (Å²) in [6.45, 7) is 0.249. The first-order chi connectivity index (χ1) is 16.7. The summed E-state index contributed by atoms with van der Waals surface area (Å²) in [5.41, 5.74) is 0.934. The molecule has 0 aliphatic carbocycles. The maximum absolute atomic E-state index is 13.2. The van der Waals surface area contributed by atoms with Gasteiger partial charge in [-0.3, -0.25) is 25.0 Å². The minimum atomic E-state index is -0.952. The molecule has 0 saturated carbocycles. The van der Waals surface area contributed by atoms with E-state index in [1.165, 1.54) is 18.2 Å². The summed E-state index contributed by atoms with van der Waals surface area (Å²) in [7, 11) is 0. The Morgan fingerprint density at radius 1 is 0.943 bits per heavy atom. The highest BCUT2D eigenvalue weighted by Crippen LogP contribution is 2.29. The summed E-state index contributed by atoms with van der Waals surface area (Å²) in [6, 6.07) is 16.6. The van der Waals surface area contributed by atoms with Gasteiger partial charge in [-0.05, 0) is 54.1 Å². The SMILES string of the molecule is O=C1NC(=O)N(c2ccc([N+](=O)[O-])cc2)C(=O)/C1=C/c1cc(Br)ccc1OCc1ccc(Br)cc1. The molecule has 0 atom stereocenters. The Hall–Kier alpha value is -3.83. The Balaban J connectivity index is 1.65. The van der Waals surface area contributed by atoms with Gasteiger partial charge in [0.25, 0.3) is 17.5 Å². The Morgan fingerprint density at radius 3 is 2.26 bits per heavy atom. The van der Waals surface area contributed by atoms with E-state index in [-0.39, 0.29) is 23.6 Å². The van der Waals surface area contributed by atoms with Crippen molar-refractivity contribution < 1.29 is 24.0 Å². The number of nitrogens with one attached hydrogen (secondary N) is 1. The second-order valence-electron chi connectivity index (χ2n) is 7.33. The molecule has 1 fully saturated rings. The molecule has 4 amide bonds. The van der Waals surface area contributed by atoms with Crippen LogP contribution >= 0.6 is 31.9 Å². The number of barbiturate groups is 1. The molecule has 1 N–H and O–H groups in total. The van der Waals surface area contributed by atoms with Crippen LogP contribution in [-0.4, -0.2) is 22.8 Å². The van der Waals surface area contributed by atoms with Crippen molar-refractivity contribution >= 4 is 67.2 Å². The number of amides is 4. The van der Waals surface area contributed by atoms with Crippen molar-refractivity contribution in [3.8, 4) is 5.75 Å². The molecule has 3 aromatic rings. The topological polar surface area (TPSA) is 119 Å². The van der Waals surface area contributed by atoms with E-state index in [0.29, 0.717) is 15.8 Å². The summed E-state index contributed by atoms with van der Waals surface area (Å²) >= 11 is 6.76. The largest absolute Gasteiger partial charge is 0.488 e. The van der Waals surface area contributed by atoms with Crippen LogP contribution in [0.15, 0.2) is 81.2 Å². The molecule has 0 spiro atoms. The van der Waals surface area contributed by atoms with Gasteiger partial charge in [-0.2, -0.15) is 0 Å². The number of nitro groups is 1. The Morgan fingerprint density at radius 2 is 1.60 bits per heavy atom. The van der Waals surface area contributed by atoms with Gasteiger partial charge < -0.3 is 4.74 Å². The van der Waals surface area contributed by atoms with Crippen molar-refractivity contribution in [3.63, 3.8) is 0 Å². The standard InChI is InChI=1S/C24H15Br2N3O6/c25-16-3-1-14(2-4-16)13-35-21-10-5-17(26)11-15(21)12-20-22(30)27-24(32)28(23(20)31)18-6-8-19(9-7-18)29(33)34/h1-12H,13H2,(H,27,30,32)/b20-12+. The summed E-state index contributed by atoms with van der Waals surface area (Å²) in [5.74, 6) is -1.31. The third-order valence-corrected chi connectivity index (χ3v) is 6.02. The highest BCUT2D eigenvalue weighted by atomic mass is 79.9. The van der Waals surface area contributed by atoms with Crippen LogP contribution in [0.4, 0.5) is 16.2 Å². The number of urea groups is 1. The highest BCUT2D eigenvalue weighted by molar-refractivity contribution is 9.10. The molecule has 0 radical (unpaired) electrons. The molecular weight excluding hydrogens is 586 g/mol. The van der Waals surface area contributed by atoms with Gasteiger partial charge in [0, 0.05) is 26.6 Å². The number of carbonyl (C=O) groups is 3. The molecule has 1 saturated heterocycles. The van der Waals surface area contributed by atoms with Crippen molar-refractivity contribution in [1.29, 1.82) is 0 Å². The van der Waals surface area contributed by atoms with E-state index in [1.807, 2.05) is 24.3 Å². The molecule has 4 rings (SSSR count). The maximum Gasteiger partial charge on any atom is 0.335 e. The lowest BCUT2D eigenvalue weighted by atomic mass is 10.1. The number of rotatable bonds is 6. The van der Waals surface area contributed by atoms with Crippen LogP contribution < -0.4 is 15.0 Å². The molecule has 1 heterocycles. The number of ether oxygens (including phenoxy) is 1. The van der Waals surface area contributed by atoms with Crippen molar-refractivity contribution in [2.24, 2.45) is 0 Å². The normalized spacial score (nSPS) is 14.7. The van der Waals surface area contributed by atoms with Gasteiger partial charge in [-0.25, -0.2) is 9.69 Å². The summed E-state index contributed by atoms with van der Waals surface area (Å²) in [4.78, 5) is 49.2. The van der Waals surface area contributed by atoms with Crippen LogP contribution in [0.25, 0.3) is 6.08 Å². The van der Waals surface area contributed by atoms with E-state index in [1.54, 1.807) is 18.2 Å². The van der Waals surface area contributed by atoms with E-state index in [0.717, 1.165) is 27.1 Å². The molecule has 176 valence electrons. The number of carbonyl (C=O) groups excluding carboxylic acids is 3. The first kappa shape index (κ1) is 24.3. The smallest absolute Gasteiger partial charge is 0.335 e. The van der Waals surface area contributed by atoms with E-state index < -0.39 is 22.8 Å². The van der Waals surface area contributed by atoms with E-state index in [4.69, 9.17) is 4.74 Å². The summed E-state index contributed by atoms with van der Waals surface area (Å²) < 4.78 is 7.55. The number of benzene rings is 3. The lowest BCUT2D eigenvalue weighted by molar-refractivity contribution is -0.384. The zero-order chi connectivity index (χ0) is 25.1. The monoisotopic (exact) mass is 599 g/mol. The molecule has 3 aromatic carbocycles. The van der Waals surface area contributed by atoms with Crippen LogP contribution in [0.3, 0.4) is 0 Å². The van der Waals surface area contributed by atoms with E-state index >= 15 is 0 Å². The zero-order valence-corrected chi connectivity index (χ0v) is 20.9. The number of nitro benzene ring substituents is 1. The Labute approximate surface area is 215 Å². The number of non-ortho nitro benzene ring substituents is 1. The van der Waals surface area contributed by atoms with Crippen molar-refractivity contribution in [1.82, 2.24) is 5.32 Å². The summed E-state index contributed by atoms with van der Waals surface area (Å²) in [6.07, 6.45) is 1.34. The molecule has 0 bridgehead atoms. The lowest BCUT2D eigenvalue weighted by Crippen LogP contribution is -2.54. The first-order valence-electron chi connectivity index (χ1n) is 10.1. The van der Waals surface area contributed by atoms with Gasteiger partial charge in [0.05, 0.1) is 10.6 Å². The van der Waals surface area contributed by atoms with Crippen molar-refractivity contribution in [2.75, 3.05) is 4.90 Å². The van der Waals surface area contributed by atoms with Crippen molar-refractivity contribution in [2.45, 2.75) is 6.61 Å². The first-order valence-corrected chi connectivity index (χ1v) is 11.6. The third kappa shape index (κ3) is 5.47. The molecule has 1 aliphatic rings. The van der Waals surface area contributed by atoms with Gasteiger partial charge >= 0.3 is 6.03 Å². The minimum Gasteiger partial charge on any atom is -0.488 e. The van der Waals surface area contributed by atoms with Gasteiger partial charge in [-0.15, -0.1) is 0 Å². The van der Waals surface area contributed by atoms with Crippen molar-refractivity contribution in [3.05, 3.63) is 102 Å². The molecule has 0 aromatic heterocycles. The Bertz CT molecular complexity index is 1370. The summed E-state index contributed by atoms with van der Waals surface area (Å²) in [5, 5.41) is 13.0. The highest BCUT2D eigenvalue weighted by Gasteiger charge is 2.37. The van der Waals surface area contributed by atoms with Gasteiger partial charge in [0.1, 0.15) is 17.9 Å². The van der Waals surface area contributed by atoms with Gasteiger partial charge in [0.2, 0.25) is 0 Å². The maximum atomic E-state index is 13.2. The number of nitrogens with zero attached hydrogens (tertiary/aromatic N) is 2. The fourth-order valence-electron chi connectivity index (χ4n) is 3.28. The molecule has 9 nitrogen and oxygen atoms in total. The van der Waals surface area contributed by atoms with E-state index in [9.17, 15) is 24.5 Å².